The SMILES string of the molecule is CCCCOP(=O)(OCCCC)OC1O[C@H](COCc2ccccc2)[C@@H](OCc2ccccc2)[C@H](OCc2ccccc2)[C@H]1OC(C)=O. The van der Waals surface area contributed by atoms with Crippen LogP contribution in [-0.2, 0) is 66.4 Å². The highest BCUT2D eigenvalue weighted by Gasteiger charge is 2.52. The summed E-state index contributed by atoms with van der Waals surface area (Å²) in [5, 5.41) is 0. The summed E-state index contributed by atoms with van der Waals surface area (Å²) in [5.74, 6) is -0.597. The fraction of sp³-hybridized carbons (Fsp3) is 0.486. The van der Waals surface area contributed by atoms with Gasteiger partial charge in [0.05, 0.1) is 39.6 Å². The van der Waals surface area contributed by atoms with Crippen LogP contribution in [0.15, 0.2) is 91.0 Å². The van der Waals surface area contributed by atoms with Crippen LogP contribution < -0.4 is 0 Å². The van der Waals surface area contributed by atoms with Crippen molar-refractivity contribution in [2.75, 3.05) is 19.8 Å². The quantitative estimate of drug-likeness (QED) is 0.0627. The Kier molecular flexibility index (Phi) is 16.2. The summed E-state index contributed by atoms with van der Waals surface area (Å²) in [6, 6.07) is 29.1. The minimum Gasteiger partial charge on any atom is -0.454 e. The predicted octanol–water partition coefficient (Wildman–Crippen LogP) is 7.79. The molecule has 1 heterocycles. The highest BCUT2D eigenvalue weighted by molar-refractivity contribution is 7.48. The Labute approximate surface area is 284 Å². The zero-order valence-electron chi connectivity index (χ0n) is 28.1. The van der Waals surface area contributed by atoms with E-state index in [1.54, 1.807) is 0 Å². The number of esters is 1. The van der Waals surface area contributed by atoms with E-state index >= 15 is 0 Å². The van der Waals surface area contributed by atoms with Crippen LogP contribution in [0.2, 0.25) is 0 Å². The molecule has 0 amide bonds. The van der Waals surface area contributed by atoms with Gasteiger partial charge in [0, 0.05) is 6.92 Å². The number of hydrogen-bond donors (Lipinski definition) is 0. The van der Waals surface area contributed by atoms with Crippen molar-refractivity contribution in [1.82, 2.24) is 0 Å². The number of unbranched alkanes of at least 4 members (excludes halogenated alkanes) is 2. The van der Waals surface area contributed by atoms with Crippen molar-refractivity contribution in [2.45, 2.75) is 97.0 Å². The van der Waals surface area contributed by atoms with Crippen LogP contribution in [0.5, 0.6) is 0 Å². The molecule has 1 aliphatic rings. The molecule has 0 saturated carbocycles. The van der Waals surface area contributed by atoms with Gasteiger partial charge in [-0.15, -0.1) is 0 Å². The molecular formula is C37H49O10P. The Morgan fingerprint density at radius 3 is 1.65 bits per heavy atom. The first-order valence-corrected chi connectivity index (χ1v) is 18.2. The first kappa shape index (κ1) is 37.9. The molecule has 1 fully saturated rings. The Morgan fingerprint density at radius 2 is 1.17 bits per heavy atom. The second-order valence-electron chi connectivity index (χ2n) is 11.6. The Morgan fingerprint density at radius 1 is 0.688 bits per heavy atom. The maximum Gasteiger partial charge on any atom is 0.477 e. The largest absolute Gasteiger partial charge is 0.477 e. The second kappa shape index (κ2) is 20.6. The lowest BCUT2D eigenvalue weighted by atomic mass is 9.98. The van der Waals surface area contributed by atoms with Crippen LogP contribution in [0.4, 0.5) is 0 Å². The number of carbonyl (C=O) groups excluding carboxylic acids is 1. The summed E-state index contributed by atoms with van der Waals surface area (Å²) in [6.07, 6.45) is -2.11. The zero-order valence-corrected chi connectivity index (χ0v) is 29.0. The molecule has 0 radical (unpaired) electrons. The molecule has 0 bridgehead atoms. The molecule has 11 heteroatoms. The number of hydrogen-bond acceptors (Lipinski definition) is 10. The van der Waals surface area contributed by atoms with Crippen molar-refractivity contribution in [3.63, 3.8) is 0 Å². The summed E-state index contributed by atoms with van der Waals surface area (Å²) in [7, 11) is -4.17. The van der Waals surface area contributed by atoms with Gasteiger partial charge >= 0.3 is 13.8 Å². The van der Waals surface area contributed by atoms with Gasteiger partial charge in [0.1, 0.15) is 18.3 Å². The number of carbonyl (C=O) groups is 1. The highest BCUT2D eigenvalue weighted by atomic mass is 31.2. The number of rotatable bonds is 21. The molecule has 1 saturated heterocycles. The molecule has 4 rings (SSSR count). The van der Waals surface area contributed by atoms with Crippen molar-refractivity contribution < 1.29 is 46.6 Å². The van der Waals surface area contributed by atoms with Crippen LogP contribution in [0.25, 0.3) is 0 Å². The van der Waals surface area contributed by atoms with E-state index in [0.717, 1.165) is 29.5 Å². The van der Waals surface area contributed by atoms with E-state index in [9.17, 15) is 9.36 Å². The first-order chi connectivity index (χ1) is 23.4. The lowest BCUT2D eigenvalue weighted by molar-refractivity contribution is -0.305. The van der Waals surface area contributed by atoms with Crippen LogP contribution in [0.3, 0.4) is 0 Å². The smallest absolute Gasteiger partial charge is 0.454 e. The van der Waals surface area contributed by atoms with Crippen LogP contribution in [-0.4, -0.2) is 56.5 Å². The number of phosphoric ester groups is 1. The Balaban J connectivity index is 1.67. The highest BCUT2D eigenvalue weighted by Crippen LogP contribution is 2.52. The summed E-state index contributed by atoms with van der Waals surface area (Å²) < 4.78 is 63.1. The number of benzene rings is 3. The van der Waals surface area contributed by atoms with E-state index in [4.69, 9.17) is 37.3 Å². The van der Waals surface area contributed by atoms with Crippen molar-refractivity contribution in [3.8, 4) is 0 Å². The molecule has 0 spiro atoms. The molecule has 262 valence electrons. The van der Waals surface area contributed by atoms with E-state index in [-0.39, 0.29) is 33.0 Å². The minimum absolute atomic E-state index is 0.0733. The van der Waals surface area contributed by atoms with Gasteiger partial charge in [-0.1, -0.05) is 118 Å². The van der Waals surface area contributed by atoms with Gasteiger partial charge < -0.3 is 23.7 Å². The van der Waals surface area contributed by atoms with Crippen molar-refractivity contribution >= 4 is 13.8 Å². The van der Waals surface area contributed by atoms with Gasteiger partial charge in [-0.2, -0.15) is 0 Å². The molecule has 10 nitrogen and oxygen atoms in total. The molecule has 0 aromatic heterocycles. The van der Waals surface area contributed by atoms with Gasteiger partial charge in [-0.3, -0.25) is 18.4 Å². The van der Waals surface area contributed by atoms with Crippen LogP contribution in [0, 0.1) is 0 Å². The summed E-state index contributed by atoms with van der Waals surface area (Å²) in [5.41, 5.74) is 2.82. The number of phosphoric acid groups is 1. The molecule has 3 aromatic rings. The first-order valence-electron chi connectivity index (χ1n) is 16.7. The third-order valence-corrected chi connectivity index (χ3v) is 9.05. The summed E-state index contributed by atoms with van der Waals surface area (Å²) >= 11 is 0. The molecule has 5 atom stereocenters. The van der Waals surface area contributed by atoms with Gasteiger partial charge in [0.25, 0.3) is 0 Å². The standard InChI is InChI=1S/C37H49O10P/c1-4-6-23-43-48(39,44-24-7-5-2)47-37-36(45-29(3)38)35(42-27-32-21-15-10-16-22-32)34(41-26-31-19-13-9-14-20-31)33(46-37)28-40-25-30-17-11-8-12-18-30/h8-22,33-37H,4-7,23-28H2,1-3H3/t33-,34-,35+,36-,37?/m1/s1. The lowest BCUT2D eigenvalue weighted by Crippen LogP contribution is -2.62. The van der Waals surface area contributed by atoms with Gasteiger partial charge in [0.15, 0.2) is 6.10 Å². The normalized spacial score (nSPS) is 21.2. The Hall–Kier alpha value is -2.92. The molecule has 0 N–H and O–H groups in total. The summed E-state index contributed by atoms with van der Waals surface area (Å²) in [4.78, 5) is 12.6. The molecule has 48 heavy (non-hydrogen) atoms. The third-order valence-electron chi connectivity index (χ3n) is 7.59. The molecule has 1 unspecified atom stereocenters. The lowest BCUT2D eigenvalue weighted by Gasteiger charge is -2.45. The molecule has 1 aliphatic heterocycles. The topological polar surface area (TPSA) is 108 Å². The minimum atomic E-state index is -4.17. The number of ether oxygens (including phenoxy) is 5. The van der Waals surface area contributed by atoms with E-state index in [2.05, 4.69) is 0 Å². The average molecular weight is 685 g/mol. The van der Waals surface area contributed by atoms with Gasteiger partial charge in [-0.05, 0) is 29.5 Å². The van der Waals surface area contributed by atoms with Crippen molar-refractivity contribution in [3.05, 3.63) is 108 Å². The predicted molar refractivity (Wildman–Crippen MR) is 181 cm³/mol. The third kappa shape index (κ3) is 12.5. The average Bonchev–Trinajstić information content (AvgIpc) is 3.09. The fourth-order valence-corrected chi connectivity index (χ4v) is 6.40. The second-order valence-corrected chi connectivity index (χ2v) is 13.2. The maximum atomic E-state index is 14.1. The Bertz CT molecular complexity index is 1350. The van der Waals surface area contributed by atoms with Crippen LogP contribution in [0.1, 0.15) is 63.1 Å². The van der Waals surface area contributed by atoms with Crippen molar-refractivity contribution in [2.24, 2.45) is 0 Å². The van der Waals surface area contributed by atoms with E-state index < -0.39 is 44.5 Å². The van der Waals surface area contributed by atoms with E-state index in [0.29, 0.717) is 19.4 Å². The van der Waals surface area contributed by atoms with E-state index in [1.807, 2.05) is 105 Å². The van der Waals surface area contributed by atoms with Gasteiger partial charge in [0.2, 0.25) is 6.29 Å². The fourth-order valence-electron chi connectivity index (χ4n) is 5.07. The maximum absolute atomic E-state index is 14.1. The van der Waals surface area contributed by atoms with E-state index in [1.165, 1.54) is 6.92 Å². The van der Waals surface area contributed by atoms with Crippen LogP contribution >= 0.6 is 7.82 Å². The van der Waals surface area contributed by atoms with Gasteiger partial charge in [-0.25, -0.2) is 4.57 Å². The molecular weight excluding hydrogens is 635 g/mol. The summed E-state index contributed by atoms with van der Waals surface area (Å²) in [6.45, 7) is 6.40. The zero-order chi connectivity index (χ0) is 34.0. The monoisotopic (exact) mass is 684 g/mol. The molecule has 3 aromatic carbocycles. The van der Waals surface area contributed by atoms with Crippen molar-refractivity contribution in [1.29, 1.82) is 0 Å². The molecule has 0 aliphatic carbocycles.